The molecular weight excluding hydrogens is 262 g/mol. The first-order chi connectivity index (χ1) is 9.33. The van der Waals surface area contributed by atoms with Crippen LogP contribution >= 0.6 is 11.3 Å². The zero-order chi connectivity index (χ0) is 13.1. The van der Waals surface area contributed by atoms with Crippen LogP contribution < -0.4 is 5.32 Å². The molecule has 104 valence electrons. The Balaban J connectivity index is 1.56. The van der Waals surface area contributed by atoms with E-state index < -0.39 is 0 Å². The van der Waals surface area contributed by atoms with Crippen LogP contribution in [0.5, 0.6) is 0 Å². The van der Waals surface area contributed by atoms with Gasteiger partial charge in [0.1, 0.15) is 5.51 Å². The molecular formula is C12H19N5OS. The molecule has 1 aromatic heterocycles. The fraction of sp³-hybridized carbons (Fsp3) is 0.750. The number of rotatable bonds is 2. The second-order valence-corrected chi connectivity index (χ2v) is 5.99. The molecule has 3 heterocycles. The van der Waals surface area contributed by atoms with Crippen molar-refractivity contribution in [3.63, 3.8) is 0 Å². The van der Waals surface area contributed by atoms with Crippen LogP contribution in [0.2, 0.25) is 0 Å². The predicted octanol–water partition coefficient (Wildman–Crippen LogP) is 1.63. The van der Waals surface area contributed by atoms with Crippen molar-refractivity contribution < 1.29 is 4.79 Å². The Kier molecular flexibility index (Phi) is 3.93. The number of piperidine rings is 1. The highest BCUT2D eigenvalue weighted by Gasteiger charge is 2.29. The maximum atomic E-state index is 12.2. The van der Waals surface area contributed by atoms with E-state index in [1.807, 2.05) is 4.90 Å². The van der Waals surface area contributed by atoms with Gasteiger partial charge >= 0.3 is 6.03 Å². The van der Waals surface area contributed by atoms with E-state index in [4.69, 9.17) is 0 Å². The highest BCUT2D eigenvalue weighted by molar-refractivity contribution is 7.13. The minimum absolute atomic E-state index is 0.0411. The predicted molar refractivity (Wildman–Crippen MR) is 74.3 cm³/mol. The number of likely N-dealkylation sites (tertiary alicyclic amines) is 2. The molecule has 2 aliphatic rings. The van der Waals surface area contributed by atoms with Crippen LogP contribution in [0.25, 0.3) is 0 Å². The molecule has 0 radical (unpaired) electrons. The normalized spacial score (nSPS) is 24.6. The summed E-state index contributed by atoms with van der Waals surface area (Å²) in [6.07, 6.45) is 4.90. The zero-order valence-corrected chi connectivity index (χ0v) is 11.7. The van der Waals surface area contributed by atoms with Crippen LogP contribution in [0.3, 0.4) is 0 Å². The molecule has 19 heavy (non-hydrogen) atoms. The summed E-state index contributed by atoms with van der Waals surface area (Å²) >= 11 is 1.35. The van der Waals surface area contributed by atoms with E-state index in [0.717, 1.165) is 19.5 Å². The van der Waals surface area contributed by atoms with E-state index in [1.165, 1.54) is 43.7 Å². The van der Waals surface area contributed by atoms with Crippen LogP contribution in [-0.4, -0.2) is 58.2 Å². The van der Waals surface area contributed by atoms with Crippen LogP contribution in [0.15, 0.2) is 5.51 Å². The molecule has 0 saturated carbocycles. The molecule has 6 nitrogen and oxygen atoms in total. The summed E-state index contributed by atoms with van der Waals surface area (Å²) in [6, 6.07) is 0.497. The molecule has 0 aliphatic carbocycles. The Morgan fingerprint density at radius 1 is 1.32 bits per heavy atom. The number of anilines is 1. The lowest BCUT2D eigenvalue weighted by atomic mass is 10.0. The third kappa shape index (κ3) is 3.03. The molecule has 1 N–H and O–H groups in total. The molecule has 0 bridgehead atoms. The molecule has 1 atom stereocenters. The highest BCUT2D eigenvalue weighted by atomic mass is 32.1. The van der Waals surface area contributed by atoms with Gasteiger partial charge in [0.05, 0.1) is 0 Å². The number of hydrogen-bond donors (Lipinski definition) is 1. The lowest BCUT2D eigenvalue weighted by Gasteiger charge is -2.37. The maximum Gasteiger partial charge on any atom is 0.323 e. The Hall–Kier alpha value is -1.21. The van der Waals surface area contributed by atoms with Crippen molar-refractivity contribution in [2.75, 3.05) is 31.5 Å². The van der Waals surface area contributed by atoms with Gasteiger partial charge in [-0.1, -0.05) is 11.3 Å². The van der Waals surface area contributed by atoms with Gasteiger partial charge < -0.3 is 4.90 Å². The Morgan fingerprint density at radius 2 is 2.16 bits per heavy atom. The number of carbonyl (C=O) groups excluding carboxylic acids is 1. The van der Waals surface area contributed by atoms with Gasteiger partial charge in [-0.05, 0) is 38.8 Å². The van der Waals surface area contributed by atoms with Gasteiger partial charge in [0.25, 0.3) is 0 Å². The fourth-order valence-electron chi connectivity index (χ4n) is 2.94. The molecule has 3 rings (SSSR count). The summed E-state index contributed by atoms with van der Waals surface area (Å²) in [5, 5.41) is 11.0. The van der Waals surface area contributed by atoms with Gasteiger partial charge in [0.15, 0.2) is 0 Å². The molecule has 7 heteroatoms. The molecule has 0 unspecified atom stereocenters. The topological polar surface area (TPSA) is 61.4 Å². The smallest absolute Gasteiger partial charge is 0.323 e. The number of amides is 2. The van der Waals surface area contributed by atoms with Gasteiger partial charge in [-0.25, -0.2) is 4.79 Å². The zero-order valence-electron chi connectivity index (χ0n) is 10.9. The van der Waals surface area contributed by atoms with Crippen molar-refractivity contribution >= 4 is 22.5 Å². The first kappa shape index (κ1) is 12.8. The SMILES string of the molecule is O=C(Nc1nncs1)N1CCC[C@@H](N2CCCC2)C1. The number of aromatic nitrogens is 2. The quantitative estimate of drug-likeness (QED) is 0.895. The molecule has 2 fully saturated rings. The third-order valence-corrected chi connectivity index (χ3v) is 4.52. The number of nitrogens with zero attached hydrogens (tertiary/aromatic N) is 4. The number of urea groups is 1. The number of nitrogens with one attached hydrogen (secondary N) is 1. The van der Waals surface area contributed by atoms with E-state index in [0.29, 0.717) is 11.2 Å². The lowest BCUT2D eigenvalue weighted by molar-refractivity contribution is 0.132. The Morgan fingerprint density at radius 3 is 2.89 bits per heavy atom. The summed E-state index contributed by atoms with van der Waals surface area (Å²) < 4.78 is 0. The maximum absolute atomic E-state index is 12.2. The van der Waals surface area contributed by atoms with E-state index >= 15 is 0 Å². The van der Waals surface area contributed by atoms with Gasteiger partial charge in [-0.15, -0.1) is 10.2 Å². The molecule has 2 amide bonds. The average molecular weight is 281 g/mol. The van der Waals surface area contributed by atoms with E-state index in [1.54, 1.807) is 5.51 Å². The Labute approximate surface area is 116 Å². The van der Waals surface area contributed by atoms with Crippen molar-refractivity contribution in [2.45, 2.75) is 31.7 Å². The number of hydrogen-bond acceptors (Lipinski definition) is 5. The second-order valence-electron chi connectivity index (χ2n) is 5.16. The fourth-order valence-corrected chi connectivity index (χ4v) is 3.38. The largest absolute Gasteiger partial charge is 0.323 e. The monoisotopic (exact) mass is 281 g/mol. The van der Waals surface area contributed by atoms with Crippen molar-refractivity contribution in [3.05, 3.63) is 5.51 Å². The molecule has 0 spiro atoms. The van der Waals surface area contributed by atoms with Gasteiger partial charge in [-0.2, -0.15) is 0 Å². The van der Waals surface area contributed by atoms with Crippen molar-refractivity contribution in [2.24, 2.45) is 0 Å². The van der Waals surface area contributed by atoms with Crippen LogP contribution in [0, 0.1) is 0 Å². The molecule has 1 aromatic rings. The summed E-state index contributed by atoms with van der Waals surface area (Å²) in [4.78, 5) is 16.6. The first-order valence-corrected chi connectivity index (χ1v) is 7.77. The lowest BCUT2D eigenvalue weighted by Crippen LogP contribution is -2.50. The summed E-state index contributed by atoms with van der Waals surface area (Å²) in [6.45, 7) is 4.06. The van der Waals surface area contributed by atoms with Crippen LogP contribution in [0.4, 0.5) is 9.93 Å². The van der Waals surface area contributed by atoms with Crippen molar-refractivity contribution in [1.29, 1.82) is 0 Å². The summed E-state index contributed by atoms with van der Waals surface area (Å²) in [5.74, 6) is 0. The van der Waals surface area contributed by atoms with Gasteiger partial charge in [-0.3, -0.25) is 10.2 Å². The summed E-state index contributed by atoms with van der Waals surface area (Å²) in [7, 11) is 0. The van der Waals surface area contributed by atoms with E-state index in [2.05, 4.69) is 20.4 Å². The van der Waals surface area contributed by atoms with Crippen LogP contribution in [0.1, 0.15) is 25.7 Å². The number of carbonyl (C=O) groups is 1. The van der Waals surface area contributed by atoms with Crippen LogP contribution in [-0.2, 0) is 0 Å². The molecule has 0 aromatic carbocycles. The standard InChI is InChI=1S/C12H19N5OS/c18-12(14-11-15-13-9-19-11)17-7-3-4-10(8-17)16-5-1-2-6-16/h9-10H,1-8H2,(H,14,15,18)/t10-/m1/s1. The second kappa shape index (κ2) is 5.83. The molecule has 2 saturated heterocycles. The van der Waals surface area contributed by atoms with E-state index in [9.17, 15) is 4.79 Å². The minimum atomic E-state index is -0.0411. The molecule has 2 aliphatic heterocycles. The van der Waals surface area contributed by atoms with E-state index in [-0.39, 0.29) is 6.03 Å². The minimum Gasteiger partial charge on any atom is -0.323 e. The van der Waals surface area contributed by atoms with Gasteiger partial charge in [0, 0.05) is 19.1 Å². The van der Waals surface area contributed by atoms with Gasteiger partial charge in [0.2, 0.25) is 5.13 Å². The average Bonchev–Trinajstić information content (AvgIpc) is 3.12. The third-order valence-electron chi connectivity index (χ3n) is 3.91. The highest BCUT2D eigenvalue weighted by Crippen LogP contribution is 2.21. The Bertz CT molecular complexity index is 418. The van der Waals surface area contributed by atoms with Crippen molar-refractivity contribution in [1.82, 2.24) is 20.0 Å². The summed E-state index contributed by atoms with van der Waals surface area (Å²) in [5.41, 5.74) is 1.62. The van der Waals surface area contributed by atoms with Crippen molar-refractivity contribution in [3.8, 4) is 0 Å². The first-order valence-electron chi connectivity index (χ1n) is 6.89.